The van der Waals surface area contributed by atoms with E-state index in [1.165, 1.54) is 0 Å². The van der Waals surface area contributed by atoms with Gasteiger partial charge in [-0.15, -0.1) is 0 Å². The zero-order valence-corrected chi connectivity index (χ0v) is 22.6. The quantitative estimate of drug-likeness (QED) is 0.327. The van der Waals surface area contributed by atoms with Crippen LogP contribution in [0.2, 0.25) is 0 Å². The molecule has 0 aromatic carbocycles. The van der Waals surface area contributed by atoms with Gasteiger partial charge in [0.2, 0.25) is 11.8 Å². The van der Waals surface area contributed by atoms with Gasteiger partial charge in [-0.3, -0.25) is 14.4 Å². The third-order valence-corrected chi connectivity index (χ3v) is 8.06. The van der Waals surface area contributed by atoms with E-state index in [1.807, 2.05) is 30.1 Å². The minimum atomic E-state index is -1.25. The van der Waals surface area contributed by atoms with Gasteiger partial charge in [0, 0.05) is 25.2 Å². The summed E-state index contributed by atoms with van der Waals surface area (Å²) in [5.41, 5.74) is -2.76. The number of carbonyl (C=O) groups is 3. The van der Waals surface area contributed by atoms with Crippen LogP contribution in [0.5, 0.6) is 0 Å². The van der Waals surface area contributed by atoms with Crippen LogP contribution in [0.3, 0.4) is 0 Å². The SMILES string of the molecule is CC(C)(C)CC(C)(C)N1CC=C[C@]23O[C@@]4(C)C=CCOC(=O)[C@H]4[C@H]2C(=O)N(CCCCCO)C3C1=O. The van der Waals surface area contributed by atoms with Crippen LogP contribution in [-0.2, 0) is 23.9 Å². The van der Waals surface area contributed by atoms with E-state index in [4.69, 9.17) is 9.47 Å². The van der Waals surface area contributed by atoms with Crippen molar-refractivity contribution in [3.8, 4) is 0 Å². The highest BCUT2D eigenvalue weighted by atomic mass is 16.6. The number of hydrogen-bond acceptors (Lipinski definition) is 6. The number of aliphatic hydroxyl groups excluding tert-OH is 1. The van der Waals surface area contributed by atoms with Crippen LogP contribution < -0.4 is 0 Å². The van der Waals surface area contributed by atoms with E-state index in [2.05, 4.69) is 34.6 Å². The van der Waals surface area contributed by atoms with Gasteiger partial charge in [-0.1, -0.05) is 39.0 Å². The number of cyclic esters (lactones) is 1. The molecule has 1 unspecified atom stereocenters. The fraction of sp³-hybridized carbons (Fsp3) is 0.750. The summed E-state index contributed by atoms with van der Waals surface area (Å²) in [6, 6.07) is -0.868. The van der Waals surface area contributed by atoms with E-state index in [1.54, 1.807) is 11.0 Å². The minimum absolute atomic E-state index is 0.00538. The first-order valence-corrected chi connectivity index (χ1v) is 13.2. The third kappa shape index (κ3) is 4.40. The Labute approximate surface area is 214 Å². The van der Waals surface area contributed by atoms with E-state index in [9.17, 15) is 19.5 Å². The topological polar surface area (TPSA) is 96.4 Å². The molecule has 4 rings (SSSR count). The largest absolute Gasteiger partial charge is 0.461 e. The maximum atomic E-state index is 14.4. The van der Waals surface area contributed by atoms with Gasteiger partial charge in [0.25, 0.3) is 0 Å². The first kappa shape index (κ1) is 26.9. The van der Waals surface area contributed by atoms with Crippen molar-refractivity contribution in [3.05, 3.63) is 24.3 Å². The Balaban J connectivity index is 1.79. The zero-order valence-electron chi connectivity index (χ0n) is 22.6. The van der Waals surface area contributed by atoms with E-state index in [0.717, 1.165) is 12.8 Å². The maximum absolute atomic E-state index is 14.4. The van der Waals surface area contributed by atoms with Crippen molar-refractivity contribution < 1.29 is 29.0 Å². The summed E-state index contributed by atoms with van der Waals surface area (Å²) < 4.78 is 12.2. The summed E-state index contributed by atoms with van der Waals surface area (Å²) in [6.07, 6.45) is 10.2. The number of nitrogens with zero attached hydrogens (tertiary/aromatic N) is 2. The molecule has 2 saturated heterocycles. The summed E-state index contributed by atoms with van der Waals surface area (Å²) in [6.45, 7) is 13.4. The second kappa shape index (κ2) is 9.28. The van der Waals surface area contributed by atoms with Crippen LogP contribution >= 0.6 is 0 Å². The molecule has 0 bridgehead atoms. The van der Waals surface area contributed by atoms with Gasteiger partial charge >= 0.3 is 5.97 Å². The summed E-state index contributed by atoms with van der Waals surface area (Å²) in [4.78, 5) is 45.2. The third-order valence-electron chi connectivity index (χ3n) is 8.06. The molecule has 4 aliphatic heterocycles. The van der Waals surface area contributed by atoms with Crippen LogP contribution in [0.1, 0.15) is 67.2 Å². The summed E-state index contributed by atoms with van der Waals surface area (Å²) in [5.74, 6) is -2.52. The molecule has 2 amide bonds. The van der Waals surface area contributed by atoms with E-state index in [0.29, 0.717) is 25.9 Å². The normalized spacial score (nSPS) is 34.3. The standard InChI is InChI=1S/C28H42N2O6/c1-25(2,3)18-26(4,5)30-15-10-13-28-19(20-24(34)35-17-11-12-27(20,6)36-28)22(32)29(21(28)23(30)33)14-8-7-9-16-31/h10-13,19-21,31H,7-9,14-18H2,1-6H3/t19-,20+,21?,27-,28-/m0/s1. The van der Waals surface area contributed by atoms with Crippen molar-refractivity contribution in [2.45, 2.75) is 90.0 Å². The smallest absolute Gasteiger partial charge is 0.313 e. The van der Waals surface area contributed by atoms with Crippen LogP contribution in [0.4, 0.5) is 0 Å². The van der Waals surface area contributed by atoms with Crippen molar-refractivity contribution in [3.63, 3.8) is 0 Å². The van der Waals surface area contributed by atoms with Crippen LogP contribution in [0, 0.1) is 17.3 Å². The Hall–Kier alpha value is -2.19. The Bertz CT molecular complexity index is 966. The molecule has 1 N–H and O–H groups in total. The number of fused-ring (bicyclic) bond motifs is 2. The molecule has 200 valence electrons. The molecule has 0 aromatic rings. The predicted octanol–water partition coefficient (Wildman–Crippen LogP) is 2.85. The Morgan fingerprint density at radius 1 is 1.00 bits per heavy atom. The molecule has 0 aromatic heterocycles. The summed E-state index contributed by atoms with van der Waals surface area (Å²) in [7, 11) is 0. The number of hydrogen-bond donors (Lipinski definition) is 1. The van der Waals surface area contributed by atoms with Gasteiger partial charge in [0.15, 0.2) is 0 Å². The number of aliphatic hydroxyl groups is 1. The lowest BCUT2D eigenvalue weighted by Gasteiger charge is -2.44. The lowest BCUT2D eigenvalue weighted by atomic mass is 9.74. The summed E-state index contributed by atoms with van der Waals surface area (Å²) in [5, 5.41) is 9.21. The molecule has 36 heavy (non-hydrogen) atoms. The lowest BCUT2D eigenvalue weighted by Crippen LogP contribution is -2.60. The Kier molecular flexibility index (Phi) is 6.92. The number of carbonyl (C=O) groups excluding carboxylic acids is 3. The fourth-order valence-corrected chi connectivity index (χ4v) is 7.10. The van der Waals surface area contributed by atoms with Gasteiger partial charge in [0.1, 0.15) is 24.2 Å². The molecule has 8 nitrogen and oxygen atoms in total. The number of esters is 1. The molecule has 0 radical (unpaired) electrons. The molecular formula is C28H42N2O6. The van der Waals surface area contributed by atoms with Crippen molar-refractivity contribution in [2.24, 2.45) is 17.3 Å². The number of ether oxygens (including phenoxy) is 2. The molecule has 2 fully saturated rings. The van der Waals surface area contributed by atoms with E-state index in [-0.39, 0.29) is 30.4 Å². The fourth-order valence-electron chi connectivity index (χ4n) is 7.10. The van der Waals surface area contributed by atoms with Gasteiger partial charge < -0.3 is 24.4 Å². The van der Waals surface area contributed by atoms with Crippen molar-refractivity contribution >= 4 is 17.8 Å². The zero-order chi connectivity index (χ0) is 26.5. The molecule has 4 aliphatic rings. The van der Waals surface area contributed by atoms with E-state index >= 15 is 0 Å². The number of amides is 2. The molecule has 1 spiro atoms. The number of rotatable bonds is 7. The Morgan fingerprint density at radius 2 is 1.72 bits per heavy atom. The summed E-state index contributed by atoms with van der Waals surface area (Å²) >= 11 is 0. The second-order valence-electron chi connectivity index (χ2n) is 12.7. The molecule has 4 heterocycles. The van der Waals surface area contributed by atoms with Gasteiger partial charge in [0.05, 0.1) is 11.5 Å². The molecular weight excluding hydrogens is 460 g/mol. The highest BCUT2D eigenvalue weighted by Crippen LogP contribution is 2.57. The molecule has 5 atom stereocenters. The van der Waals surface area contributed by atoms with E-state index < -0.39 is 40.6 Å². The predicted molar refractivity (Wildman–Crippen MR) is 135 cm³/mol. The average Bonchev–Trinajstić information content (AvgIpc) is 2.99. The van der Waals surface area contributed by atoms with Crippen LogP contribution in [0.15, 0.2) is 24.3 Å². The average molecular weight is 503 g/mol. The van der Waals surface area contributed by atoms with Gasteiger partial charge in [-0.2, -0.15) is 0 Å². The second-order valence-corrected chi connectivity index (χ2v) is 12.7. The van der Waals surface area contributed by atoms with Gasteiger partial charge in [-0.25, -0.2) is 0 Å². The van der Waals surface area contributed by atoms with Crippen LogP contribution in [0.25, 0.3) is 0 Å². The Morgan fingerprint density at radius 3 is 2.39 bits per heavy atom. The molecule has 0 aliphatic carbocycles. The highest BCUT2D eigenvalue weighted by molar-refractivity contribution is 5.99. The van der Waals surface area contributed by atoms with Crippen LogP contribution in [-0.4, -0.2) is 81.8 Å². The first-order valence-electron chi connectivity index (χ1n) is 13.2. The van der Waals surface area contributed by atoms with Crippen molar-refractivity contribution in [1.29, 1.82) is 0 Å². The molecule has 8 heteroatoms. The highest BCUT2D eigenvalue weighted by Gasteiger charge is 2.75. The number of likely N-dealkylation sites (tertiary alicyclic amines) is 1. The minimum Gasteiger partial charge on any atom is -0.461 e. The van der Waals surface area contributed by atoms with Crippen molar-refractivity contribution in [2.75, 3.05) is 26.3 Å². The first-order chi connectivity index (χ1) is 16.8. The van der Waals surface area contributed by atoms with Gasteiger partial charge in [-0.05, 0) is 57.9 Å². The number of unbranched alkanes of at least 4 members (excludes halogenated alkanes) is 2. The monoisotopic (exact) mass is 502 g/mol. The lowest BCUT2D eigenvalue weighted by molar-refractivity contribution is -0.159. The van der Waals surface area contributed by atoms with Crippen molar-refractivity contribution in [1.82, 2.24) is 9.80 Å². The maximum Gasteiger partial charge on any atom is 0.313 e. The molecule has 0 saturated carbocycles.